The maximum Gasteiger partial charge on any atom is 0.163 e. The second-order valence-electron chi connectivity index (χ2n) is 10.3. The van der Waals surface area contributed by atoms with E-state index in [1.807, 2.05) is 6.07 Å². The molecule has 7 nitrogen and oxygen atoms in total. The Hall–Kier alpha value is -3.49. The fraction of sp³-hybridized carbons (Fsp3) is 0.419. The molecule has 1 fully saturated rings. The van der Waals surface area contributed by atoms with E-state index in [1.54, 1.807) is 37.3 Å². The van der Waals surface area contributed by atoms with Gasteiger partial charge in [0, 0.05) is 17.5 Å². The first-order chi connectivity index (χ1) is 18.8. The number of Topliss-reactive ketones (excluding diaryl/α,β-unsaturated/α-hetero) is 1. The summed E-state index contributed by atoms with van der Waals surface area (Å²) in [5.74, 6) is 1.12. The minimum absolute atomic E-state index is 0.00644. The molecule has 0 spiro atoms. The molecule has 39 heavy (non-hydrogen) atoms. The molecule has 2 aliphatic rings. The van der Waals surface area contributed by atoms with Crippen LogP contribution in [0.1, 0.15) is 59.3 Å². The number of halogens is 1. The van der Waals surface area contributed by atoms with E-state index >= 15 is 0 Å². The van der Waals surface area contributed by atoms with Gasteiger partial charge in [-0.3, -0.25) is 4.79 Å². The number of aryl methyl sites for hydroxylation is 2. The quantitative estimate of drug-likeness (QED) is 0.327. The lowest BCUT2D eigenvalue weighted by atomic mass is 9.85. The number of pyridine rings is 1. The average Bonchev–Trinajstić information content (AvgIpc) is 3.82. The number of carbonyl (C=O) groups excluding carboxylic acids is 1. The smallest absolute Gasteiger partial charge is 0.163 e. The van der Waals surface area contributed by atoms with E-state index in [0.717, 1.165) is 36.8 Å². The highest BCUT2D eigenvalue weighted by molar-refractivity contribution is 5.96. The predicted octanol–water partition coefficient (Wildman–Crippen LogP) is 5.16. The molecule has 1 aliphatic heterocycles. The molecule has 1 saturated carbocycles. The molecular weight excluding hydrogens is 501 g/mol. The molecule has 0 saturated heterocycles. The Morgan fingerprint density at radius 2 is 2.00 bits per heavy atom. The summed E-state index contributed by atoms with van der Waals surface area (Å²) >= 11 is 0. The normalized spacial score (nSPS) is 16.1. The Kier molecular flexibility index (Phi) is 7.86. The molecular formula is C31H34FNO6. The van der Waals surface area contributed by atoms with E-state index in [-0.39, 0.29) is 43.6 Å². The monoisotopic (exact) mass is 535 g/mol. The topological polar surface area (TPSA) is 98.1 Å². The summed E-state index contributed by atoms with van der Waals surface area (Å²) in [5, 5.41) is 21.1. The van der Waals surface area contributed by atoms with E-state index in [1.165, 1.54) is 13.2 Å². The van der Waals surface area contributed by atoms with Crippen LogP contribution in [0.25, 0.3) is 11.3 Å². The van der Waals surface area contributed by atoms with Crippen LogP contribution in [-0.2, 0) is 12.0 Å². The molecule has 1 atom stereocenters. The summed E-state index contributed by atoms with van der Waals surface area (Å²) < 4.78 is 30.9. The van der Waals surface area contributed by atoms with Crippen LogP contribution in [0.3, 0.4) is 0 Å². The fourth-order valence-electron chi connectivity index (χ4n) is 5.25. The largest absolute Gasteiger partial charge is 0.493 e. The molecule has 2 N–H and O–H groups in total. The van der Waals surface area contributed by atoms with E-state index in [4.69, 9.17) is 24.3 Å². The van der Waals surface area contributed by atoms with Crippen molar-refractivity contribution in [1.29, 1.82) is 0 Å². The van der Waals surface area contributed by atoms with Crippen LogP contribution < -0.4 is 14.2 Å². The summed E-state index contributed by atoms with van der Waals surface area (Å²) in [6.07, 6.45) is 3.70. The molecule has 8 heteroatoms. The van der Waals surface area contributed by atoms with E-state index in [0.29, 0.717) is 46.4 Å². The van der Waals surface area contributed by atoms with Crippen LogP contribution in [-0.4, -0.2) is 47.9 Å². The van der Waals surface area contributed by atoms with Crippen LogP contribution in [0, 0.1) is 18.7 Å². The molecule has 1 aromatic heterocycles. The lowest BCUT2D eigenvalue weighted by Gasteiger charge is -2.30. The zero-order valence-corrected chi connectivity index (χ0v) is 22.3. The van der Waals surface area contributed by atoms with Crippen molar-refractivity contribution >= 4 is 5.78 Å². The maximum absolute atomic E-state index is 14.0. The molecule has 1 aliphatic carbocycles. The van der Waals surface area contributed by atoms with Crippen LogP contribution in [0.15, 0.2) is 42.5 Å². The number of benzene rings is 2. The van der Waals surface area contributed by atoms with Crippen molar-refractivity contribution in [2.75, 3.05) is 26.9 Å². The third kappa shape index (κ3) is 5.63. The number of hydrogen-bond acceptors (Lipinski definition) is 7. The third-order valence-corrected chi connectivity index (χ3v) is 7.58. The SMILES string of the molecule is COc1cc(C(=O)CCC(O)(c2cc3c(c(-c4ccc(F)c(C)c4)n2)OCCC3)C2CC2)ccc1OCCO. The molecule has 0 amide bonds. The first kappa shape index (κ1) is 27.1. The van der Waals surface area contributed by atoms with Crippen molar-refractivity contribution in [2.45, 2.75) is 51.0 Å². The highest BCUT2D eigenvalue weighted by atomic mass is 19.1. The van der Waals surface area contributed by atoms with Gasteiger partial charge in [0.25, 0.3) is 0 Å². The van der Waals surface area contributed by atoms with Crippen LogP contribution >= 0.6 is 0 Å². The van der Waals surface area contributed by atoms with Gasteiger partial charge in [0.15, 0.2) is 17.3 Å². The van der Waals surface area contributed by atoms with E-state index in [2.05, 4.69) is 0 Å². The van der Waals surface area contributed by atoms with Gasteiger partial charge < -0.3 is 24.4 Å². The van der Waals surface area contributed by atoms with Crippen LogP contribution in [0.4, 0.5) is 4.39 Å². The van der Waals surface area contributed by atoms with Crippen molar-refractivity contribution in [3.8, 4) is 28.5 Å². The number of aliphatic hydroxyl groups excluding tert-OH is 1. The second-order valence-corrected chi connectivity index (χ2v) is 10.3. The Labute approximate surface area is 227 Å². The zero-order valence-electron chi connectivity index (χ0n) is 22.3. The highest BCUT2D eigenvalue weighted by Gasteiger charge is 2.47. The predicted molar refractivity (Wildman–Crippen MR) is 144 cm³/mol. The van der Waals surface area contributed by atoms with Gasteiger partial charge >= 0.3 is 0 Å². The van der Waals surface area contributed by atoms with Gasteiger partial charge in [-0.05, 0) is 98.5 Å². The Balaban J connectivity index is 1.44. The van der Waals surface area contributed by atoms with E-state index in [9.17, 15) is 14.3 Å². The molecule has 3 aromatic rings. The Morgan fingerprint density at radius 1 is 1.18 bits per heavy atom. The summed E-state index contributed by atoms with van der Waals surface area (Å²) in [6, 6.07) is 11.7. The van der Waals surface area contributed by atoms with Gasteiger partial charge in [-0.25, -0.2) is 9.37 Å². The van der Waals surface area contributed by atoms with Crippen molar-refractivity contribution < 1.29 is 33.6 Å². The molecule has 1 unspecified atom stereocenters. The minimum atomic E-state index is -1.28. The van der Waals surface area contributed by atoms with Gasteiger partial charge in [0.1, 0.15) is 29.5 Å². The number of aliphatic hydroxyl groups is 2. The fourth-order valence-corrected chi connectivity index (χ4v) is 5.25. The van der Waals surface area contributed by atoms with Gasteiger partial charge in [0.2, 0.25) is 0 Å². The lowest BCUT2D eigenvalue weighted by molar-refractivity contribution is -0.00124. The number of rotatable bonds is 11. The molecule has 5 rings (SSSR count). The molecule has 206 valence electrons. The number of ketones is 1. The van der Waals surface area contributed by atoms with Gasteiger partial charge in [-0.15, -0.1) is 0 Å². The molecule has 0 bridgehead atoms. The number of methoxy groups -OCH3 is 1. The average molecular weight is 536 g/mol. The zero-order chi connectivity index (χ0) is 27.6. The molecule has 2 heterocycles. The van der Waals surface area contributed by atoms with Crippen molar-refractivity contribution in [3.05, 3.63) is 70.7 Å². The van der Waals surface area contributed by atoms with Gasteiger partial charge in [-0.2, -0.15) is 0 Å². The summed E-state index contributed by atoms with van der Waals surface area (Å²) in [5.41, 5.74) is 2.52. The number of fused-ring (bicyclic) bond motifs is 1. The molecule has 0 radical (unpaired) electrons. The summed E-state index contributed by atoms with van der Waals surface area (Å²) in [6.45, 7) is 2.28. The summed E-state index contributed by atoms with van der Waals surface area (Å²) in [7, 11) is 1.49. The first-order valence-electron chi connectivity index (χ1n) is 13.4. The van der Waals surface area contributed by atoms with Crippen molar-refractivity contribution in [1.82, 2.24) is 4.98 Å². The van der Waals surface area contributed by atoms with Crippen LogP contribution in [0.5, 0.6) is 17.2 Å². The van der Waals surface area contributed by atoms with Gasteiger partial charge in [0.05, 0.1) is 26.0 Å². The second kappa shape index (κ2) is 11.3. The molecule has 2 aromatic carbocycles. The maximum atomic E-state index is 14.0. The van der Waals surface area contributed by atoms with Crippen molar-refractivity contribution in [3.63, 3.8) is 0 Å². The number of ether oxygens (including phenoxy) is 3. The summed E-state index contributed by atoms with van der Waals surface area (Å²) in [4.78, 5) is 18.1. The minimum Gasteiger partial charge on any atom is -0.493 e. The number of hydrogen-bond donors (Lipinski definition) is 2. The van der Waals surface area contributed by atoms with Crippen molar-refractivity contribution in [2.24, 2.45) is 5.92 Å². The Bertz CT molecular complexity index is 1370. The highest BCUT2D eigenvalue weighted by Crippen LogP contribution is 2.50. The lowest BCUT2D eigenvalue weighted by Crippen LogP contribution is -2.31. The third-order valence-electron chi connectivity index (χ3n) is 7.58. The number of aromatic nitrogens is 1. The first-order valence-corrected chi connectivity index (χ1v) is 13.4. The number of carbonyl (C=O) groups is 1. The van der Waals surface area contributed by atoms with Crippen LogP contribution in [0.2, 0.25) is 0 Å². The standard InChI is InChI=1S/C31H34FNO6/c1-19-16-21(5-9-24(19)32)29-30-22(4-3-14-39-30)18-28(33-29)31(36,23-7-8-23)12-11-25(35)20-6-10-26(38-15-13-34)27(17-20)37-2/h5-6,9-10,16-18,23,34,36H,3-4,7-8,11-15H2,1-2H3. The van der Waals surface area contributed by atoms with E-state index < -0.39 is 5.60 Å². The number of nitrogens with zero attached hydrogens (tertiary/aromatic N) is 1. The van der Waals surface area contributed by atoms with Gasteiger partial charge in [-0.1, -0.05) is 0 Å². The Morgan fingerprint density at radius 3 is 2.72 bits per heavy atom.